The molecule has 0 amide bonds. The molecule has 6 heteroatoms. The number of halogens is 2. The highest BCUT2D eigenvalue weighted by atomic mass is 35.5. The second kappa shape index (κ2) is 6.53. The third kappa shape index (κ3) is 3.48. The first-order chi connectivity index (χ1) is 6.29. The fourth-order valence-electron chi connectivity index (χ4n) is 1.86. The Morgan fingerprint density at radius 1 is 1.53 bits per heavy atom. The minimum Gasteiger partial charge on any atom is -0.375 e. The zero-order valence-corrected chi connectivity index (χ0v) is 11.1. The predicted octanol–water partition coefficient (Wildman–Crippen LogP) is 2.04. The average molecular weight is 270 g/mol. The molecule has 1 aromatic rings. The van der Waals surface area contributed by atoms with E-state index in [-0.39, 0.29) is 24.8 Å². The number of hydrogen-bond acceptors (Lipinski definition) is 4. The SMILES string of the molecule is CCN[C@H]1CCc2nc(N)sc2C1.Cl.Cl. The van der Waals surface area contributed by atoms with Gasteiger partial charge in [0, 0.05) is 10.9 Å². The summed E-state index contributed by atoms with van der Waals surface area (Å²) in [5.41, 5.74) is 6.90. The van der Waals surface area contributed by atoms with Gasteiger partial charge in [-0.1, -0.05) is 6.92 Å². The van der Waals surface area contributed by atoms with Crippen LogP contribution in [0.25, 0.3) is 0 Å². The van der Waals surface area contributed by atoms with E-state index in [2.05, 4.69) is 17.2 Å². The van der Waals surface area contributed by atoms with Crippen LogP contribution in [-0.2, 0) is 12.8 Å². The van der Waals surface area contributed by atoms with Gasteiger partial charge in [0.1, 0.15) is 0 Å². The average Bonchev–Trinajstić information content (AvgIpc) is 2.44. The molecule has 1 aliphatic carbocycles. The fraction of sp³-hybridized carbons (Fsp3) is 0.667. The van der Waals surface area contributed by atoms with Gasteiger partial charge >= 0.3 is 0 Å². The predicted molar refractivity (Wildman–Crippen MR) is 70.5 cm³/mol. The normalized spacial score (nSPS) is 18.6. The molecule has 0 unspecified atom stereocenters. The van der Waals surface area contributed by atoms with Crippen LogP contribution >= 0.6 is 36.2 Å². The molecule has 1 heterocycles. The van der Waals surface area contributed by atoms with Gasteiger partial charge in [-0.3, -0.25) is 0 Å². The number of likely N-dealkylation sites (N-methyl/N-ethyl adjacent to an activating group) is 1. The molecule has 0 fully saturated rings. The highest BCUT2D eigenvalue weighted by molar-refractivity contribution is 7.15. The van der Waals surface area contributed by atoms with Crippen molar-refractivity contribution < 1.29 is 0 Å². The molecule has 1 aliphatic rings. The quantitative estimate of drug-likeness (QED) is 0.864. The van der Waals surface area contributed by atoms with Crippen LogP contribution in [0, 0.1) is 0 Å². The summed E-state index contributed by atoms with van der Waals surface area (Å²) in [5, 5.41) is 4.20. The van der Waals surface area contributed by atoms with Crippen LogP contribution < -0.4 is 11.1 Å². The van der Waals surface area contributed by atoms with Gasteiger partial charge < -0.3 is 11.1 Å². The van der Waals surface area contributed by atoms with Gasteiger partial charge in [-0.15, -0.1) is 36.2 Å². The van der Waals surface area contributed by atoms with Crippen LogP contribution in [0.1, 0.15) is 23.9 Å². The van der Waals surface area contributed by atoms with Gasteiger partial charge in [-0.2, -0.15) is 0 Å². The first-order valence-electron chi connectivity index (χ1n) is 4.77. The van der Waals surface area contributed by atoms with E-state index >= 15 is 0 Å². The summed E-state index contributed by atoms with van der Waals surface area (Å²) in [6.45, 7) is 3.20. The van der Waals surface area contributed by atoms with Gasteiger partial charge in [-0.05, 0) is 25.8 Å². The van der Waals surface area contributed by atoms with Gasteiger partial charge in [0.15, 0.2) is 5.13 Å². The zero-order chi connectivity index (χ0) is 9.26. The first-order valence-corrected chi connectivity index (χ1v) is 5.58. The van der Waals surface area contributed by atoms with Crippen LogP contribution in [-0.4, -0.2) is 17.6 Å². The largest absolute Gasteiger partial charge is 0.375 e. The molecule has 0 saturated heterocycles. The number of fused-ring (bicyclic) bond motifs is 1. The molecule has 1 aromatic heterocycles. The van der Waals surface area contributed by atoms with E-state index in [1.165, 1.54) is 17.0 Å². The molecule has 3 N–H and O–H groups in total. The second-order valence-electron chi connectivity index (χ2n) is 3.42. The number of aromatic nitrogens is 1. The Morgan fingerprint density at radius 2 is 2.27 bits per heavy atom. The van der Waals surface area contributed by atoms with E-state index < -0.39 is 0 Å². The molecule has 88 valence electrons. The Balaban J connectivity index is 0.000000980. The Labute approximate surface area is 107 Å². The molecule has 0 saturated carbocycles. The van der Waals surface area contributed by atoms with E-state index in [0.717, 1.165) is 24.5 Å². The van der Waals surface area contributed by atoms with E-state index in [4.69, 9.17) is 5.73 Å². The zero-order valence-electron chi connectivity index (χ0n) is 8.66. The lowest BCUT2D eigenvalue weighted by atomic mass is 9.98. The Morgan fingerprint density at radius 3 is 2.93 bits per heavy atom. The first kappa shape index (κ1) is 15.0. The molecular weight excluding hydrogens is 253 g/mol. The van der Waals surface area contributed by atoms with Crippen molar-refractivity contribution in [3.8, 4) is 0 Å². The van der Waals surface area contributed by atoms with Gasteiger partial charge in [0.25, 0.3) is 0 Å². The maximum absolute atomic E-state index is 5.66. The number of aryl methyl sites for hydroxylation is 1. The lowest BCUT2D eigenvalue weighted by molar-refractivity contribution is 0.471. The van der Waals surface area contributed by atoms with E-state index in [9.17, 15) is 0 Å². The molecule has 0 bridgehead atoms. The highest BCUT2D eigenvalue weighted by Gasteiger charge is 2.20. The van der Waals surface area contributed by atoms with Crippen molar-refractivity contribution in [1.82, 2.24) is 10.3 Å². The molecule has 0 spiro atoms. The lowest BCUT2D eigenvalue weighted by Gasteiger charge is -2.21. The summed E-state index contributed by atoms with van der Waals surface area (Å²) in [6.07, 6.45) is 3.39. The number of hydrogen-bond donors (Lipinski definition) is 2. The maximum Gasteiger partial charge on any atom is 0.180 e. The van der Waals surface area contributed by atoms with Crippen molar-refractivity contribution >= 4 is 41.3 Å². The van der Waals surface area contributed by atoms with Crippen LogP contribution in [0.5, 0.6) is 0 Å². The number of rotatable bonds is 2. The van der Waals surface area contributed by atoms with Crippen LogP contribution in [0.4, 0.5) is 5.13 Å². The van der Waals surface area contributed by atoms with Crippen molar-refractivity contribution in [2.45, 2.75) is 32.2 Å². The summed E-state index contributed by atoms with van der Waals surface area (Å²) >= 11 is 1.65. The fourth-order valence-corrected chi connectivity index (χ4v) is 2.82. The minimum absolute atomic E-state index is 0. The number of nitrogen functional groups attached to an aromatic ring is 1. The molecule has 2 rings (SSSR count). The molecule has 0 aromatic carbocycles. The highest BCUT2D eigenvalue weighted by Crippen LogP contribution is 2.27. The summed E-state index contributed by atoms with van der Waals surface area (Å²) in [6, 6.07) is 0.636. The Hall–Kier alpha value is -0.0300. The smallest absolute Gasteiger partial charge is 0.180 e. The van der Waals surface area contributed by atoms with Crippen molar-refractivity contribution in [3.63, 3.8) is 0 Å². The number of thiazole rings is 1. The van der Waals surface area contributed by atoms with Gasteiger partial charge in [-0.25, -0.2) is 4.98 Å². The molecule has 3 nitrogen and oxygen atoms in total. The maximum atomic E-state index is 5.66. The number of nitrogens with zero attached hydrogens (tertiary/aromatic N) is 1. The number of nitrogens with one attached hydrogen (secondary N) is 1. The summed E-state index contributed by atoms with van der Waals surface area (Å²) in [7, 11) is 0. The standard InChI is InChI=1S/C9H15N3S.2ClH/c1-2-11-6-3-4-7-8(5-6)13-9(10)12-7;;/h6,11H,2-5H2,1H3,(H2,10,12);2*1H/t6-;;/m0../s1. The number of nitrogens with two attached hydrogens (primary N) is 1. The second-order valence-corrected chi connectivity index (χ2v) is 4.53. The Bertz CT molecular complexity index is 304. The third-order valence-corrected chi connectivity index (χ3v) is 3.40. The van der Waals surface area contributed by atoms with E-state index in [0.29, 0.717) is 6.04 Å². The lowest BCUT2D eigenvalue weighted by Crippen LogP contribution is -2.33. The third-order valence-electron chi connectivity index (χ3n) is 2.45. The summed E-state index contributed by atoms with van der Waals surface area (Å²) in [5.74, 6) is 0. The molecule has 0 aliphatic heterocycles. The van der Waals surface area contributed by atoms with Crippen LogP contribution in [0.15, 0.2) is 0 Å². The van der Waals surface area contributed by atoms with Crippen molar-refractivity contribution in [2.24, 2.45) is 0 Å². The monoisotopic (exact) mass is 269 g/mol. The molecular formula is C9H17Cl2N3S. The molecule has 15 heavy (non-hydrogen) atoms. The molecule has 1 atom stereocenters. The van der Waals surface area contributed by atoms with Gasteiger partial charge in [0.05, 0.1) is 5.69 Å². The van der Waals surface area contributed by atoms with Crippen LogP contribution in [0.3, 0.4) is 0 Å². The van der Waals surface area contributed by atoms with Crippen molar-refractivity contribution in [3.05, 3.63) is 10.6 Å². The van der Waals surface area contributed by atoms with Crippen molar-refractivity contribution in [2.75, 3.05) is 12.3 Å². The van der Waals surface area contributed by atoms with Gasteiger partial charge in [0.2, 0.25) is 0 Å². The molecule has 0 radical (unpaired) electrons. The van der Waals surface area contributed by atoms with Crippen molar-refractivity contribution in [1.29, 1.82) is 0 Å². The van der Waals surface area contributed by atoms with E-state index in [1.54, 1.807) is 11.3 Å². The number of anilines is 1. The Kier molecular flexibility index (Phi) is 6.52. The minimum atomic E-state index is 0. The van der Waals surface area contributed by atoms with Crippen LogP contribution in [0.2, 0.25) is 0 Å². The topological polar surface area (TPSA) is 50.9 Å². The van der Waals surface area contributed by atoms with E-state index in [1.807, 2.05) is 0 Å². The summed E-state index contributed by atoms with van der Waals surface area (Å²) < 4.78 is 0. The summed E-state index contributed by atoms with van der Waals surface area (Å²) in [4.78, 5) is 5.70.